The third-order valence-corrected chi connectivity index (χ3v) is 4.06. The van der Waals surface area contributed by atoms with E-state index in [1.54, 1.807) is 0 Å². The van der Waals surface area contributed by atoms with Crippen molar-refractivity contribution in [2.24, 2.45) is 10.8 Å². The van der Waals surface area contributed by atoms with Crippen LogP contribution in [0.5, 0.6) is 0 Å². The summed E-state index contributed by atoms with van der Waals surface area (Å²) in [6.07, 6.45) is 5.45. The maximum atomic E-state index is 5.27. The molecule has 2 nitrogen and oxygen atoms in total. The zero-order chi connectivity index (χ0) is 10.9. The van der Waals surface area contributed by atoms with Crippen LogP contribution in [0.2, 0.25) is 0 Å². The molecule has 15 heavy (non-hydrogen) atoms. The molecule has 1 aliphatic heterocycles. The molecular formula is C13H25NO. The second kappa shape index (κ2) is 4.06. The van der Waals surface area contributed by atoms with E-state index >= 15 is 0 Å². The summed E-state index contributed by atoms with van der Waals surface area (Å²) in [6.45, 7) is 10.1. The molecule has 0 bridgehead atoms. The van der Waals surface area contributed by atoms with Gasteiger partial charge in [-0.15, -0.1) is 0 Å². The van der Waals surface area contributed by atoms with Crippen molar-refractivity contribution >= 4 is 0 Å². The van der Waals surface area contributed by atoms with Crippen molar-refractivity contribution in [1.29, 1.82) is 0 Å². The van der Waals surface area contributed by atoms with Crippen molar-refractivity contribution in [3.8, 4) is 0 Å². The van der Waals surface area contributed by atoms with Gasteiger partial charge in [0.2, 0.25) is 0 Å². The van der Waals surface area contributed by atoms with E-state index in [0.29, 0.717) is 10.8 Å². The smallest absolute Gasteiger partial charge is 0.0554 e. The molecule has 0 atom stereocenters. The fourth-order valence-electron chi connectivity index (χ4n) is 2.55. The van der Waals surface area contributed by atoms with Crippen LogP contribution in [-0.4, -0.2) is 25.8 Å². The van der Waals surface area contributed by atoms with Crippen LogP contribution >= 0.6 is 0 Å². The summed E-state index contributed by atoms with van der Waals surface area (Å²) in [7, 11) is 0. The van der Waals surface area contributed by atoms with E-state index in [4.69, 9.17) is 4.74 Å². The summed E-state index contributed by atoms with van der Waals surface area (Å²) in [5.41, 5.74) is 1.01. The third kappa shape index (κ3) is 2.94. The first-order valence-electron chi connectivity index (χ1n) is 6.30. The molecule has 0 aromatic heterocycles. The van der Waals surface area contributed by atoms with Gasteiger partial charge in [0.1, 0.15) is 0 Å². The van der Waals surface area contributed by atoms with Crippen LogP contribution < -0.4 is 5.32 Å². The second-order valence-corrected chi connectivity index (χ2v) is 6.62. The van der Waals surface area contributed by atoms with E-state index in [0.717, 1.165) is 25.8 Å². The van der Waals surface area contributed by atoms with Crippen molar-refractivity contribution in [3.63, 3.8) is 0 Å². The minimum Gasteiger partial charge on any atom is -0.380 e. The molecule has 1 heterocycles. The van der Waals surface area contributed by atoms with E-state index in [-0.39, 0.29) is 0 Å². The molecule has 1 aliphatic carbocycles. The van der Waals surface area contributed by atoms with Gasteiger partial charge >= 0.3 is 0 Å². The Labute approximate surface area is 93.8 Å². The first-order valence-corrected chi connectivity index (χ1v) is 6.30. The molecule has 0 spiro atoms. The van der Waals surface area contributed by atoms with E-state index < -0.39 is 0 Å². The Morgan fingerprint density at radius 3 is 2.20 bits per heavy atom. The number of rotatable bonds is 3. The molecule has 0 radical (unpaired) electrons. The summed E-state index contributed by atoms with van der Waals surface area (Å²) in [5.74, 6) is 0. The topological polar surface area (TPSA) is 21.3 Å². The molecular weight excluding hydrogens is 186 g/mol. The average molecular weight is 211 g/mol. The molecule has 1 saturated carbocycles. The molecule has 0 unspecified atom stereocenters. The Hall–Kier alpha value is -0.0800. The predicted octanol–water partition coefficient (Wildman–Crippen LogP) is 2.58. The molecule has 0 aromatic carbocycles. The van der Waals surface area contributed by atoms with Crippen molar-refractivity contribution in [3.05, 3.63) is 0 Å². The summed E-state index contributed by atoms with van der Waals surface area (Å²) in [4.78, 5) is 0. The largest absolute Gasteiger partial charge is 0.380 e. The first kappa shape index (κ1) is 11.4. The molecule has 0 amide bonds. The van der Waals surface area contributed by atoms with Crippen LogP contribution in [0.4, 0.5) is 0 Å². The van der Waals surface area contributed by atoms with Crippen LogP contribution in [0.25, 0.3) is 0 Å². The lowest BCUT2D eigenvalue weighted by Gasteiger charge is -2.41. The Balaban J connectivity index is 1.68. The Morgan fingerprint density at radius 1 is 1.13 bits per heavy atom. The van der Waals surface area contributed by atoms with Gasteiger partial charge in [-0.3, -0.25) is 0 Å². The average Bonchev–Trinajstić information content (AvgIpc) is 2.13. The van der Waals surface area contributed by atoms with Crippen molar-refractivity contribution in [2.75, 3.05) is 19.8 Å². The van der Waals surface area contributed by atoms with Crippen LogP contribution in [-0.2, 0) is 4.74 Å². The third-order valence-electron chi connectivity index (χ3n) is 4.06. The highest BCUT2D eigenvalue weighted by Crippen LogP contribution is 2.35. The summed E-state index contributed by atoms with van der Waals surface area (Å²) >= 11 is 0. The van der Waals surface area contributed by atoms with Gasteiger partial charge in [0.15, 0.2) is 0 Å². The lowest BCUT2D eigenvalue weighted by atomic mass is 9.75. The van der Waals surface area contributed by atoms with Crippen LogP contribution in [0.15, 0.2) is 0 Å². The maximum Gasteiger partial charge on any atom is 0.0554 e. The molecule has 2 rings (SSSR count). The summed E-state index contributed by atoms with van der Waals surface area (Å²) in [5, 5.41) is 3.72. The molecule has 0 aromatic rings. The second-order valence-electron chi connectivity index (χ2n) is 6.62. The molecule has 88 valence electrons. The zero-order valence-electron chi connectivity index (χ0n) is 10.4. The van der Waals surface area contributed by atoms with Crippen LogP contribution in [0.1, 0.15) is 46.5 Å². The number of hydrogen-bond acceptors (Lipinski definition) is 2. The van der Waals surface area contributed by atoms with E-state index in [2.05, 4.69) is 26.1 Å². The highest BCUT2D eigenvalue weighted by molar-refractivity contribution is 4.87. The SMILES string of the molecule is CC1(C)CCC(NCC2(C)COC2)CC1. The van der Waals surface area contributed by atoms with Crippen molar-refractivity contribution in [1.82, 2.24) is 5.32 Å². The number of ether oxygens (including phenoxy) is 1. The Kier molecular flexibility index (Phi) is 3.09. The van der Waals surface area contributed by atoms with Gasteiger partial charge in [0.05, 0.1) is 13.2 Å². The highest BCUT2D eigenvalue weighted by Gasteiger charge is 2.34. The van der Waals surface area contributed by atoms with Crippen LogP contribution in [0.3, 0.4) is 0 Å². The quantitative estimate of drug-likeness (QED) is 0.774. The Morgan fingerprint density at radius 2 is 1.73 bits per heavy atom. The number of hydrogen-bond donors (Lipinski definition) is 1. The van der Waals surface area contributed by atoms with Crippen molar-refractivity contribution in [2.45, 2.75) is 52.5 Å². The molecule has 2 aliphatic rings. The van der Waals surface area contributed by atoms with E-state index in [9.17, 15) is 0 Å². The monoisotopic (exact) mass is 211 g/mol. The van der Waals surface area contributed by atoms with Gasteiger partial charge in [0, 0.05) is 18.0 Å². The van der Waals surface area contributed by atoms with Gasteiger partial charge in [-0.05, 0) is 31.1 Å². The standard InChI is InChI=1S/C13H25NO/c1-12(2)6-4-11(5-7-12)14-8-13(3)9-15-10-13/h11,14H,4-10H2,1-3H3. The fourth-order valence-corrected chi connectivity index (χ4v) is 2.55. The minimum absolute atomic E-state index is 0.424. The molecule has 2 heteroatoms. The highest BCUT2D eigenvalue weighted by atomic mass is 16.5. The van der Waals surface area contributed by atoms with Gasteiger partial charge in [0.25, 0.3) is 0 Å². The number of nitrogens with one attached hydrogen (secondary N) is 1. The maximum absolute atomic E-state index is 5.27. The van der Waals surface area contributed by atoms with E-state index in [1.807, 2.05) is 0 Å². The molecule has 1 N–H and O–H groups in total. The van der Waals surface area contributed by atoms with Crippen molar-refractivity contribution < 1.29 is 4.74 Å². The zero-order valence-corrected chi connectivity index (χ0v) is 10.4. The lowest BCUT2D eigenvalue weighted by molar-refractivity contribution is -0.101. The molecule has 1 saturated heterocycles. The van der Waals surface area contributed by atoms with Crippen LogP contribution in [0, 0.1) is 10.8 Å². The lowest BCUT2D eigenvalue weighted by Crippen LogP contribution is -2.50. The van der Waals surface area contributed by atoms with Gasteiger partial charge in [-0.25, -0.2) is 0 Å². The van der Waals surface area contributed by atoms with E-state index in [1.165, 1.54) is 25.7 Å². The first-order chi connectivity index (χ1) is 6.99. The Bertz CT molecular complexity index is 211. The summed E-state index contributed by atoms with van der Waals surface area (Å²) < 4.78 is 5.27. The van der Waals surface area contributed by atoms with Gasteiger partial charge in [-0.1, -0.05) is 20.8 Å². The normalized spacial score (nSPS) is 29.8. The predicted molar refractivity (Wildman–Crippen MR) is 63.0 cm³/mol. The molecule has 2 fully saturated rings. The minimum atomic E-state index is 0.424. The fraction of sp³-hybridized carbons (Fsp3) is 1.00. The van der Waals surface area contributed by atoms with Gasteiger partial charge < -0.3 is 10.1 Å². The van der Waals surface area contributed by atoms with Gasteiger partial charge in [-0.2, -0.15) is 0 Å². The summed E-state index contributed by atoms with van der Waals surface area (Å²) in [6, 6.07) is 0.760.